The van der Waals surface area contributed by atoms with Gasteiger partial charge in [0.1, 0.15) is 0 Å². The summed E-state index contributed by atoms with van der Waals surface area (Å²) in [6.07, 6.45) is 2.26. The van der Waals surface area contributed by atoms with E-state index in [4.69, 9.17) is 11.6 Å². The highest BCUT2D eigenvalue weighted by Crippen LogP contribution is 2.19. The van der Waals surface area contributed by atoms with Crippen LogP contribution in [-0.2, 0) is 6.42 Å². The van der Waals surface area contributed by atoms with Crippen LogP contribution < -0.4 is 0 Å². The Kier molecular flexibility index (Phi) is 4.99. The summed E-state index contributed by atoms with van der Waals surface area (Å²) in [5.41, 5.74) is 2.28. The first-order valence-electron chi connectivity index (χ1n) is 5.10. The summed E-state index contributed by atoms with van der Waals surface area (Å²) in [7, 11) is 0. The predicted octanol–water partition coefficient (Wildman–Crippen LogP) is 3.30. The molecule has 0 aliphatic carbocycles. The van der Waals surface area contributed by atoms with Gasteiger partial charge < -0.3 is 5.11 Å². The van der Waals surface area contributed by atoms with Crippen molar-refractivity contribution in [1.82, 2.24) is 0 Å². The van der Waals surface area contributed by atoms with Gasteiger partial charge in [-0.2, -0.15) is 0 Å². The van der Waals surface area contributed by atoms with Crippen molar-refractivity contribution in [2.24, 2.45) is 0 Å². The lowest BCUT2D eigenvalue weighted by molar-refractivity contribution is 0.166. The van der Waals surface area contributed by atoms with E-state index in [0.717, 1.165) is 24.8 Å². The van der Waals surface area contributed by atoms with E-state index in [1.54, 1.807) is 0 Å². The van der Waals surface area contributed by atoms with Gasteiger partial charge in [-0.05, 0) is 30.4 Å². The molecule has 0 radical (unpaired) electrons. The predicted molar refractivity (Wildman–Crippen MR) is 60.7 cm³/mol. The third-order valence-electron chi connectivity index (χ3n) is 2.36. The van der Waals surface area contributed by atoms with E-state index in [1.165, 1.54) is 5.56 Å². The molecule has 1 nitrogen and oxygen atoms in total. The second-order valence-corrected chi connectivity index (χ2v) is 3.82. The number of halogens is 1. The fraction of sp³-hybridized carbons (Fsp3) is 0.500. The van der Waals surface area contributed by atoms with Gasteiger partial charge in [-0.15, -0.1) is 11.6 Å². The van der Waals surface area contributed by atoms with Crippen molar-refractivity contribution in [3.05, 3.63) is 35.4 Å². The van der Waals surface area contributed by atoms with Gasteiger partial charge in [-0.1, -0.05) is 31.2 Å². The smallest absolute Gasteiger partial charge is 0.0790 e. The Balaban J connectivity index is 2.64. The monoisotopic (exact) mass is 212 g/mol. The maximum atomic E-state index is 9.81. The zero-order valence-corrected chi connectivity index (χ0v) is 9.30. The van der Waals surface area contributed by atoms with Gasteiger partial charge >= 0.3 is 0 Å². The molecular formula is C12H17ClO. The number of hydrogen-bond donors (Lipinski definition) is 1. The summed E-state index contributed by atoms with van der Waals surface area (Å²) in [6, 6.07) is 8.12. The Labute approximate surface area is 90.7 Å². The fourth-order valence-electron chi connectivity index (χ4n) is 1.46. The lowest BCUT2D eigenvalue weighted by atomic mass is 10.0. The van der Waals surface area contributed by atoms with Crippen molar-refractivity contribution in [2.75, 3.05) is 5.88 Å². The van der Waals surface area contributed by atoms with E-state index in [2.05, 4.69) is 19.1 Å². The zero-order valence-electron chi connectivity index (χ0n) is 8.54. The van der Waals surface area contributed by atoms with Gasteiger partial charge in [0.2, 0.25) is 0 Å². The number of benzene rings is 1. The van der Waals surface area contributed by atoms with Gasteiger partial charge in [-0.3, -0.25) is 0 Å². The number of aryl methyl sites for hydroxylation is 1. The molecule has 1 atom stereocenters. The Hall–Kier alpha value is -0.530. The summed E-state index contributed by atoms with van der Waals surface area (Å²) in [6.45, 7) is 2.12. The van der Waals surface area contributed by atoms with Crippen LogP contribution in [-0.4, -0.2) is 11.0 Å². The molecular weight excluding hydrogens is 196 g/mol. The highest BCUT2D eigenvalue weighted by atomic mass is 35.5. The topological polar surface area (TPSA) is 20.2 Å². The van der Waals surface area contributed by atoms with Crippen LogP contribution in [0, 0.1) is 0 Å². The van der Waals surface area contributed by atoms with E-state index < -0.39 is 0 Å². The Bertz CT molecular complexity index is 273. The molecule has 0 fully saturated rings. The lowest BCUT2D eigenvalue weighted by Gasteiger charge is -2.10. The van der Waals surface area contributed by atoms with Crippen LogP contribution in [0.3, 0.4) is 0 Å². The summed E-state index contributed by atoms with van der Waals surface area (Å²) in [4.78, 5) is 0. The standard InChI is InChI=1S/C12H17ClO/c1-2-10-5-3-6-11(9-10)12(14)7-4-8-13/h3,5-6,9,12,14H,2,4,7-8H2,1H3. The maximum absolute atomic E-state index is 9.81. The molecule has 0 aliphatic rings. The second-order valence-electron chi connectivity index (χ2n) is 3.45. The van der Waals surface area contributed by atoms with Crippen LogP contribution in [0.5, 0.6) is 0 Å². The van der Waals surface area contributed by atoms with Crippen LogP contribution in [0.15, 0.2) is 24.3 Å². The highest BCUT2D eigenvalue weighted by Gasteiger charge is 2.06. The highest BCUT2D eigenvalue weighted by molar-refractivity contribution is 6.17. The van der Waals surface area contributed by atoms with Crippen molar-refractivity contribution in [3.63, 3.8) is 0 Å². The number of aliphatic hydroxyl groups is 1. The van der Waals surface area contributed by atoms with E-state index in [0.29, 0.717) is 5.88 Å². The van der Waals surface area contributed by atoms with Gasteiger partial charge in [0.05, 0.1) is 6.10 Å². The molecule has 14 heavy (non-hydrogen) atoms. The third-order valence-corrected chi connectivity index (χ3v) is 2.62. The SMILES string of the molecule is CCc1cccc(C(O)CCCCl)c1. The normalized spacial score (nSPS) is 12.8. The second kappa shape index (κ2) is 6.05. The molecule has 78 valence electrons. The molecule has 0 spiro atoms. The number of alkyl halides is 1. The van der Waals surface area contributed by atoms with Crippen LogP contribution in [0.1, 0.15) is 37.0 Å². The van der Waals surface area contributed by atoms with Crippen LogP contribution in [0.25, 0.3) is 0 Å². The average Bonchev–Trinajstić information content (AvgIpc) is 2.26. The summed E-state index contributed by atoms with van der Waals surface area (Å²) in [5.74, 6) is 0.616. The Morgan fingerprint density at radius 2 is 2.21 bits per heavy atom. The number of aliphatic hydroxyl groups excluding tert-OH is 1. The molecule has 0 saturated heterocycles. The minimum Gasteiger partial charge on any atom is -0.388 e. The minimum atomic E-state index is -0.361. The lowest BCUT2D eigenvalue weighted by Crippen LogP contribution is -1.98. The zero-order chi connectivity index (χ0) is 10.4. The molecule has 0 bridgehead atoms. The Morgan fingerprint density at radius 1 is 1.43 bits per heavy atom. The van der Waals surface area contributed by atoms with E-state index in [-0.39, 0.29) is 6.10 Å². The van der Waals surface area contributed by atoms with Gasteiger partial charge in [-0.25, -0.2) is 0 Å². The van der Waals surface area contributed by atoms with Crippen LogP contribution in [0.4, 0.5) is 0 Å². The van der Waals surface area contributed by atoms with Crippen molar-refractivity contribution in [3.8, 4) is 0 Å². The molecule has 0 aliphatic heterocycles. The molecule has 1 rings (SSSR count). The Morgan fingerprint density at radius 3 is 2.86 bits per heavy atom. The number of hydrogen-bond acceptors (Lipinski definition) is 1. The van der Waals surface area contributed by atoms with Crippen molar-refractivity contribution >= 4 is 11.6 Å². The third kappa shape index (κ3) is 3.32. The molecule has 0 aromatic heterocycles. The first kappa shape index (κ1) is 11.5. The number of rotatable bonds is 5. The maximum Gasteiger partial charge on any atom is 0.0790 e. The van der Waals surface area contributed by atoms with Gasteiger partial charge in [0, 0.05) is 5.88 Å². The molecule has 2 heteroatoms. The summed E-state index contributed by atoms with van der Waals surface area (Å²) < 4.78 is 0. The van der Waals surface area contributed by atoms with Crippen LogP contribution in [0.2, 0.25) is 0 Å². The van der Waals surface area contributed by atoms with Crippen molar-refractivity contribution < 1.29 is 5.11 Å². The van der Waals surface area contributed by atoms with Crippen LogP contribution >= 0.6 is 11.6 Å². The van der Waals surface area contributed by atoms with Crippen molar-refractivity contribution in [2.45, 2.75) is 32.3 Å². The molecule has 1 unspecified atom stereocenters. The van der Waals surface area contributed by atoms with Gasteiger partial charge in [0.25, 0.3) is 0 Å². The fourth-order valence-corrected chi connectivity index (χ4v) is 1.61. The molecule has 0 amide bonds. The van der Waals surface area contributed by atoms with E-state index in [9.17, 15) is 5.11 Å². The molecule has 1 aromatic rings. The molecule has 1 aromatic carbocycles. The van der Waals surface area contributed by atoms with Gasteiger partial charge in [0.15, 0.2) is 0 Å². The molecule has 1 N–H and O–H groups in total. The first-order chi connectivity index (χ1) is 6.77. The minimum absolute atomic E-state index is 0.361. The quantitative estimate of drug-likeness (QED) is 0.743. The summed E-state index contributed by atoms with van der Waals surface area (Å²) >= 11 is 5.58. The summed E-state index contributed by atoms with van der Waals surface area (Å²) in [5, 5.41) is 9.81. The van der Waals surface area contributed by atoms with E-state index >= 15 is 0 Å². The largest absolute Gasteiger partial charge is 0.388 e. The first-order valence-corrected chi connectivity index (χ1v) is 5.64. The molecule has 0 heterocycles. The molecule has 0 saturated carbocycles. The average molecular weight is 213 g/mol. The van der Waals surface area contributed by atoms with E-state index in [1.807, 2.05) is 12.1 Å². The van der Waals surface area contributed by atoms with Crippen molar-refractivity contribution in [1.29, 1.82) is 0 Å².